The number of rotatable bonds is 2. The molecule has 1 aromatic heterocycles. The molecule has 1 aromatic carbocycles. The van der Waals surface area contributed by atoms with Gasteiger partial charge in [-0.2, -0.15) is 4.99 Å². The molecule has 2 rings (SSSR count). The highest BCUT2D eigenvalue weighted by Crippen LogP contribution is 2.22. The number of aromatic nitrogens is 2. The summed E-state index contributed by atoms with van der Waals surface area (Å²) in [6, 6.07) is 6.80. The van der Waals surface area contributed by atoms with Gasteiger partial charge in [-0.1, -0.05) is 17.7 Å². The van der Waals surface area contributed by atoms with E-state index in [1.807, 2.05) is 13.0 Å². The number of benzene rings is 1. The summed E-state index contributed by atoms with van der Waals surface area (Å²) < 4.78 is 0. The number of H-pyrrole nitrogens is 1. The number of nitrogens with two attached hydrogens (primary N) is 1. The number of aliphatic imine (C=N–C) groups is 1. The molecular weight excluding hydrogens is 278 g/mol. The van der Waals surface area contributed by atoms with Gasteiger partial charge in [-0.3, -0.25) is 9.78 Å². The molecule has 2 aromatic rings. The highest BCUT2D eigenvalue weighted by molar-refractivity contribution is 6.31. The van der Waals surface area contributed by atoms with Crippen molar-refractivity contribution in [1.82, 2.24) is 9.97 Å². The Bertz CT molecular complexity index is 723. The molecule has 104 valence electrons. The van der Waals surface area contributed by atoms with Crippen LogP contribution in [0, 0.1) is 13.8 Å². The lowest BCUT2D eigenvalue weighted by molar-refractivity contribution is 1.05. The number of anilines is 1. The van der Waals surface area contributed by atoms with Gasteiger partial charge in [-0.15, -0.1) is 0 Å². The van der Waals surface area contributed by atoms with Gasteiger partial charge in [-0.25, -0.2) is 4.98 Å². The Morgan fingerprint density at radius 1 is 1.45 bits per heavy atom. The van der Waals surface area contributed by atoms with Crippen LogP contribution in [0.2, 0.25) is 5.02 Å². The van der Waals surface area contributed by atoms with Gasteiger partial charge in [0.2, 0.25) is 11.9 Å². The van der Waals surface area contributed by atoms with Gasteiger partial charge >= 0.3 is 0 Å². The van der Waals surface area contributed by atoms with Gasteiger partial charge in [0, 0.05) is 22.5 Å². The van der Waals surface area contributed by atoms with E-state index >= 15 is 0 Å². The second-order valence-corrected chi connectivity index (χ2v) is 4.65. The van der Waals surface area contributed by atoms with Crippen LogP contribution in [0.5, 0.6) is 0 Å². The molecule has 0 saturated carbocycles. The standard InChI is InChI=1S/C13H14ClN5O/c1-7-6-11(20)18-13(16-7)19-12(15)17-10-5-3-4-9(14)8(10)2/h3-6H,1-2H3,(H4,15,16,17,18,19,20). The molecule has 0 bridgehead atoms. The summed E-state index contributed by atoms with van der Waals surface area (Å²) in [4.78, 5) is 21.9. The zero-order valence-corrected chi connectivity index (χ0v) is 11.8. The summed E-state index contributed by atoms with van der Waals surface area (Å²) in [5.41, 5.74) is 7.69. The molecule has 7 heteroatoms. The van der Waals surface area contributed by atoms with Gasteiger partial charge in [0.05, 0.1) is 0 Å². The zero-order valence-electron chi connectivity index (χ0n) is 11.1. The molecule has 0 aliphatic rings. The molecule has 0 atom stereocenters. The number of aromatic amines is 1. The Labute approximate surface area is 120 Å². The highest BCUT2D eigenvalue weighted by atomic mass is 35.5. The van der Waals surface area contributed by atoms with Crippen molar-refractivity contribution >= 4 is 29.2 Å². The van der Waals surface area contributed by atoms with E-state index in [-0.39, 0.29) is 17.5 Å². The molecule has 0 fully saturated rings. The van der Waals surface area contributed by atoms with E-state index in [0.29, 0.717) is 10.7 Å². The van der Waals surface area contributed by atoms with Gasteiger partial charge in [0.15, 0.2) is 0 Å². The summed E-state index contributed by atoms with van der Waals surface area (Å²) in [7, 11) is 0. The van der Waals surface area contributed by atoms with Gasteiger partial charge in [0.1, 0.15) is 0 Å². The van der Waals surface area contributed by atoms with E-state index in [1.165, 1.54) is 6.07 Å². The first kappa shape index (κ1) is 14.1. The first-order valence-corrected chi connectivity index (χ1v) is 6.28. The maximum atomic E-state index is 11.3. The summed E-state index contributed by atoms with van der Waals surface area (Å²) >= 11 is 6.02. The largest absolute Gasteiger partial charge is 0.369 e. The fraction of sp³-hybridized carbons (Fsp3) is 0.154. The van der Waals surface area contributed by atoms with Crippen molar-refractivity contribution in [3.05, 3.63) is 50.9 Å². The number of nitrogens with one attached hydrogen (secondary N) is 2. The van der Waals surface area contributed by atoms with Crippen LogP contribution in [0.15, 0.2) is 34.1 Å². The van der Waals surface area contributed by atoms with Crippen molar-refractivity contribution in [2.45, 2.75) is 13.8 Å². The van der Waals surface area contributed by atoms with Gasteiger partial charge in [0.25, 0.3) is 5.56 Å². The number of aryl methyl sites for hydroxylation is 1. The van der Waals surface area contributed by atoms with Crippen LogP contribution in [0.1, 0.15) is 11.3 Å². The Hall–Kier alpha value is -2.34. The van der Waals surface area contributed by atoms with E-state index in [4.69, 9.17) is 17.3 Å². The van der Waals surface area contributed by atoms with Crippen molar-refractivity contribution in [2.24, 2.45) is 10.7 Å². The second-order valence-electron chi connectivity index (χ2n) is 4.24. The quantitative estimate of drug-likeness (QED) is 0.583. The molecule has 0 saturated heterocycles. The predicted octanol–water partition coefficient (Wildman–Crippen LogP) is 2.10. The molecule has 0 radical (unpaired) electrons. The van der Waals surface area contributed by atoms with E-state index in [0.717, 1.165) is 11.3 Å². The van der Waals surface area contributed by atoms with Crippen LogP contribution in [-0.4, -0.2) is 15.9 Å². The molecule has 0 amide bonds. The van der Waals surface area contributed by atoms with E-state index < -0.39 is 0 Å². The number of nitrogens with zero attached hydrogens (tertiary/aromatic N) is 2. The van der Waals surface area contributed by atoms with Crippen molar-refractivity contribution < 1.29 is 0 Å². The Balaban J connectivity index is 2.27. The smallest absolute Gasteiger partial charge is 0.252 e. The zero-order chi connectivity index (χ0) is 14.7. The third kappa shape index (κ3) is 3.36. The minimum atomic E-state index is -0.275. The Morgan fingerprint density at radius 2 is 2.20 bits per heavy atom. The summed E-state index contributed by atoms with van der Waals surface area (Å²) in [5.74, 6) is 0.267. The Morgan fingerprint density at radius 3 is 2.90 bits per heavy atom. The van der Waals surface area contributed by atoms with E-state index in [1.54, 1.807) is 19.1 Å². The Kier molecular flexibility index (Phi) is 4.05. The monoisotopic (exact) mass is 291 g/mol. The van der Waals surface area contributed by atoms with Crippen molar-refractivity contribution in [3.8, 4) is 0 Å². The van der Waals surface area contributed by atoms with E-state index in [2.05, 4.69) is 20.3 Å². The van der Waals surface area contributed by atoms with Crippen molar-refractivity contribution in [2.75, 3.05) is 5.32 Å². The van der Waals surface area contributed by atoms with Crippen LogP contribution in [0.4, 0.5) is 11.6 Å². The number of guanidine groups is 1. The number of halogens is 1. The molecule has 0 aliphatic carbocycles. The van der Waals surface area contributed by atoms with Gasteiger partial charge < -0.3 is 11.1 Å². The lowest BCUT2D eigenvalue weighted by Gasteiger charge is -2.09. The molecule has 20 heavy (non-hydrogen) atoms. The fourth-order valence-electron chi connectivity index (χ4n) is 1.64. The molecule has 4 N–H and O–H groups in total. The molecule has 6 nitrogen and oxygen atoms in total. The van der Waals surface area contributed by atoms with Crippen molar-refractivity contribution in [1.29, 1.82) is 0 Å². The maximum Gasteiger partial charge on any atom is 0.252 e. The summed E-state index contributed by atoms with van der Waals surface area (Å²) in [6.07, 6.45) is 0. The molecule has 0 aliphatic heterocycles. The molecular formula is C13H14ClN5O. The lowest BCUT2D eigenvalue weighted by Crippen LogP contribution is -2.23. The lowest BCUT2D eigenvalue weighted by atomic mass is 10.2. The number of hydrogen-bond donors (Lipinski definition) is 3. The van der Waals surface area contributed by atoms with E-state index in [9.17, 15) is 4.79 Å². The van der Waals surface area contributed by atoms with Crippen LogP contribution in [0.25, 0.3) is 0 Å². The fourth-order valence-corrected chi connectivity index (χ4v) is 1.81. The SMILES string of the molecule is Cc1cc(=O)[nH]c(/N=C(\N)Nc2cccc(Cl)c2C)n1. The normalized spacial score (nSPS) is 11.4. The number of hydrogen-bond acceptors (Lipinski definition) is 3. The van der Waals surface area contributed by atoms with Crippen LogP contribution >= 0.6 is 11.6 Å². The molecule has 0 spiro atoms. The second kappa shape index (κ2) is 5.75. The summed E-state index contributed by atoms with van der Waals surface area (Å²) in [6.45, 7) is 3.57. The highest BCUT2D eigenvalue weighted by Gasteiger charge is 2.04. The first-order valence-electron chi connectivity index (χ1n) is 5.90. The van der Waals surface area contributed by atoms with Crippen LogP contribution in [0.3, 0.4) is 0 Å². The van der Waals surface area contributed by atoms with Crippen LogP contribution < -0.4 is 16.6 Å². The molecule has 0 unspecified atom stereocenters. The van der Waals surface area contributed by atoms with Crippen molar-refractivity contribution in [3.63, 3.8) is 0 Å². The minimum Gasteiger partial charge on any atom is -0.369 e. The first-order chi connectivity index (χ1) is 9.45. The predicted molar refractivity (Wildman–Crippen MR) is 80.7 cm³/mol. The maximum absolute atomic E-state index is 11.3. The topological polar surface area (TPSA) is 96.2 Å². The van der Waals surface area contributed by atoms with Crippen LogP contribution in [-0.2, 0) is 0 Å². The minimum absolute atomic E-state index is 0.115. The summed E-state index contributed by atoms with van der Waals surface area (Å²) in [5, 5.41) is 3.55. The third-order valence-electron chi connectivity index (χ3n) is 2.61. The third-order valence-corrected chi connectivity index (χ3v) is 3.02. The molecule has 1 heterocycles. The average Bonchev–Trinajstić information content (AvgIpc) is 2.33. The van der Waals surface area contributed by atoms with Gasteiger partial charge in [-0.05, 0) is 31.5 Å². The average molecular weight is 292 g/mol.